The number of nitrogens with two attached hydrogens (primary N) is 1. The number of amides is 1. The summed E-state index contributed by atoms with van der Waals surface area (Å²) in [5, 5.41) is 10.4. The van der Waals surface area contributed by atoms with E-state index in [-0.39, 0.29) is 12.5 Å². The molecule has 0 aliphatic carbocycles. The zero-order valence-electron chi connectivity index (χ0n) is 10.3. The first-order chi connectivity index (χ1) is 8.72. The first-order valence-corrected chi connectivity index (χ1v) is 6.18. The molecule has 1 amide bonds. The number of aliphatic hydroxyl groups is 1. The smallest absolute Gasteiger partial charge is 0.217 e. The highest BCUT2D eigenvalue weighted by Gasteiger charge is 2.06. The molecule has 0 fully saturated rings. The molecule has 2 rings (SSSR count). The molecule has 0 atom stereocenters. The van der Waals surface area contributed by atoms with E-state index < -0.39 is 0 Å². The Labute approximate surface area is 106 Å². The van der Waals surface area contributed by atoms with Gasteiger partial charge in [-0.05, 0) is 18.9 Å². The molecular formula is C14H18N2O2. The van der Waals surface area contributed by atoms with Crippen LogP contribution in [0.4, 0.5) is 0 Å². The quantitative estimate of drug-likeness (QED) is 0.763. The Bertz CT molecular complexity index is 546. The topological polar surface area (TPSA) is 68.2 Å². The van der Waals surface area contributed by atoms with Gasteiger partial charge in [0.2, 0.25) is 5.91 Å². The summed E-state index contributed by atoms with van der Waals surface area (Å²) in [5.74, 6) is -0.247. The number of hydrogen-bond donors (Lipinski definition) is 2. The standard InChI is InChI=1S/C14H18N2O2/c15-14(18)7-3-4-8-16-9-11(10-17)12-5-1-2-6-13(12)16/h1-2,5-6,9,17H,3-4,7-8,10H2,(H2,15,18). The Morgan fingerprint density at radius 1 is 1.28 bits per heavy atom. The number of para-hydroxylation sites is 1. The van der Waals surface area contributed by atoms with Gasteiger partial charge in [-0.2, -0.15) is 0 Å². The maximum Gasteiger partial charge on any atom is 0.217 e. The van der Waals surface area contributed by atoms with Crippen LogP contribution in [-0.2, 0) is 17.9 Å². The van der Waals surface area contributed by atoms with Crippen molar-refractivity contribution in [1.82, 2.24) is 4.57 Å². The van der Waals surface area contributed by atoms with Gasteiger partial charge >= 0.3 is 0 Å². The summed E-state index contributed by atoms with van der Waals surface area (Å²) >= 11 is 0. The Kier molecular flexibility index (Phi) is 3.99. The fraction of sp³-hybridized carbons (Fsp3) is 0.357. The van der Waals surface area contributed by atoms with Crippen LogP contribution in [0.15, 0.2) is 30.5 Å². The number of carbonyl (C=O) groups excluding carboxylic acids is 1. The molecule has 0 radical (unpaired) electrons. The highest BCUT2D eigenvalue weighted by molar-refractivity contribution is 5.83. The first-order valence-electron chi connectivity index (χ1n) is 6.18. The van der Waals surface area contributed by atoms with Crippen LogP contribution >= 0.6 is 0 Å². The molecule has 0 spiro atoms. The molecule has 0 saturated heterocycles. The summed E-state index contributed by atoms with van der Waals surface area (Å²) in [7, 11) is 0. The predicted octanol–water partition coefficient (Wildman–Crippen LogP) is 1.79. The van der Waals surface area contributed by atoms with Crippen molar-refractivity contribution in [2.75, 3.05) is 0 Å². The Morgan fingerprint density at radius 2 is 2.06 bits per heavy atom. The minimum Gasteiger partial charge on any atom is -0.392 e. The summed E-state index contributed by atoms with van der Waals surface area (Å²) in [6.07, 6.45) is 4.13. The SMILES string of the molecule is NC(=O)CCCCn1cc(CO)c2ccccc21. The van der Waals surface area contributed by atoms with E-state index in [9.17, 15) is 9.90 Å². The lowest BCUT2D eigenvalue weighted by molar-refractivity contribution is -0.118. The summed E-state index contributed by atoms with van der Waals surface area (Å²) in [5.41, 5.74) is 7.18. The molecule has 1 heterocycles. The molecule has 1 aromatic heterocycles. The predicted molar refractivity (Wildman–Crippen MR) is 70.9 cm³/mol. The second-order valence-electron chi connectivity index (χ2n) is 4.45. The number of benzene rings is 1. The van der Waals surface area contributed by atoms with Crippen molar-refractivity contribution >= 4 is 16.8 Å². The van der Waals surface area contributed by atoms with Crippen LogP contribution in [-0.4, -0.2) is 15.6 Å². The fourth-order valence-corrected chi connectivity index (χ4v) is 2.22. The number of aryl methyl sites for hydroxylation is 1. The molecule has 4 heteroatoms. The van der Waals surface area contributed by atoms with Gasteiger partial charge in [0, 0.05) is 35.6 Å². The lowest BCUT2D eigenvalue weighted by atomic mass is 10.2. The molecule has 2 aromatic rings. The highest BCUT2D eigenvalue weighted by Crippen LogP contribution is 2.21. The summed E-state index contributed by atoms with van der Waals surface area (Å²) in [4.78, 5) is 10.7. The van der Waals surface area contributed by atoms with Gasteiger partial charge in [-0.15, -0.1) is 0 Å². The van der Waals surface area contributed by atoms with Gasteiger partial charge in [-0.1, -0.05) is 18.2 Å². The molecule has 3 N–H and O–H groups in total. The monoisotopic (exact) mass is 246 g/mol. The van der Waals surface area contributed by atoms with Gasteiger partial charge in [0.1, 0.15) is 0 Å². The summed E-state index contributed by atoms with van der Waals surface area (Å²) in [6.45, 7) is 0.891. The number of hydrogen-bond acceptors (Lipinski definition) is 2. The van der Waals surface area contributed by atoms with E-state index in [1.165, 1.54) is 0 Å². The van der Waals surface area contributed by atoms with Gasteiger partial charge < -0.3 is 15.4 Å². The minimum absolute atomic E-state index is 0.0504. The van der Waals surface area contributed by atoms with Crippen molar-refractivity contribution in [3.8, 4) is 0 Å². The molecule has 18 heavy (non-hydrogen) atoms. The van der Waals surface area contributed by atoms with Crippen molar-refractivity contribution in [1.29, 1.82) is 0 Å². The molecule has 0 aliphatic heterocycles. The zero-order chi connectivity index (χ0) is 13.0. The van der Waals surface area contributed by atoms with E-state index in [1.807, 2.05) is 30.5 Å². The van der Waals surface area contributed by atoms with Crippen molar-refractivity contribution < 1.29 is 9.90 Å². The largest absolute Gasteiger partial charge is 0.392 e. The lowest BCUT2D eigenvalue weighted by Crippen LogP contribution is -2.10. The molecule has 96 valence electrons. The minimum atomic E-state index is -0.247. The summed E-state index contributed by atoms with van der Waals surface area (Å²) < 4.78 is 2.13. The van der Waals surface area contributed by atoms with Gasteiger partial charge in [0.05, 0.1) is 6.61 Å². The molecule has 0 saturated carbocycles. The third kappa shape index (κ3) is 2.71. The van der Waals surface area contributed by atoms with Crippen LogP contribution in [0.25, 0.3) is 10.9 Å². The Hall–Kier alpha value is -1.81. The van der Waals surface area contributed by atoms with Gasteiger partial charge in [0.25, 0.3) is 0 Å². The number of fused-ring (bicyclic) bond motifs is 1. The molecule has 0 bridgehead atoms. The molecule has 1 aromatic carbocycles. The lowest BCUT2D eigenvalue weighted by Gasteiger charge is -2.04. The second-order valence-corrected chi connectivity index (χ2v) is 4.45. The fourth-order valence-electron chi connectivity index (χ4n) is 2.22. The third-order valence-electron chi connectivity index (χ3n) is 3.11. The highest BCUT2D eigenvalue weighted by atomic mass is 16.3. The average Bonchev–Trinajstić information content (AvgIpc) is 2.73. The van der Waals surface area contributed by atoms with Crippen LogP contribution in [0.1, 0.15) is 24.8 Å². The van der Waals surface area contributed by atoms with Crippen molar-refractivity contribution in [3.05, 3.63) is 36.0 Å². The number of aromatic nitrogens is 1. The average molecular weight is 246 g/mol. The third-order valence-corrected chi connectivity index (χ3v) is 3.11. The van der Waals surface area contributed by atoms with Crippen molar-refractivity contribution in [2.24, 2.45) is 5.73 Å². The van der Waals surface area contributed by atoms with Crippen LogP contribution in [0.2, 0.25) is 0 Å². The van der Waals surface area contributed by atoms with Crippen molar-refractivity contribution in [3.63, 3.8) is 0 Å². The molecule has 4 nitrogen and oxygen atoms in total. The van der Waals surface area contributed by atoms with E-state index in [0.29, 0.717) is 6.42 Å². The van der Waals surface area contributed by atoms with E-state index in [0.717, 1.165) is 35.9 Å². The molecule has 0 unspecified atom stereocenters. The number of primary amides is 1. The van der Waals surface area contributed by atoms with Crippen LogP contribution in [0, 0.1) is 0 Å². The maximum absolute atomic E-state index is 10.7. The maximum atomic E-state index is 10.7. The Morgan fingerprint density at radius 3 is 2.78 bits per heavy atom. The van der Waals surface area contributed by atoms with Gasteiger partial charge in [-0.25, -0.2) is 0 Å². The van der Waals surface area contributed by atoms with E-state index in [4.69, 9.17) is 5.73 Å². The van der Waals surface area contributed by atoms with E-state index in [1.54, 1.807) is 0 Å². The number of nitrogens with zero attached hydrogens (tertiary/aromatic N) is 1. The summed E-state index contributed by atoms with van der Waals surface area (Å²) in [6, 6.07) is 8.02. The number of rotatable bonds is 6. The number of unbranched alkanes of at least 4 members (excludes halogenated alkanes) is 1. The molecule has 0 aliphatic rings. The van der Waals surface area contributed by atoms with E-state index in [2.05, 4.69) is 4.57 Å². The number of aliphatic hydroxyl groups excluding tert-OH is 1. The Balaban J connectivity index is 2.10. The normalized spacial score (nSPS) is 10.9. The molecular weight excluding hydrogens is 228 g/mol. The second kappa shape index (κ2) is 5.69. The van der Waals surface area contributed by atoms with Crippen LogP contribution in [0.3, 0.4) is 0 Å². The zero-order valence-corrected chi connectivity index (χ0v) is 10.3. The van der Waals surface area contributed by atoms with Gasteiger partial charge in [-0.3, -0.25) is 4.79 Å². The first kappa shape index (κ1) is 12.6. The van der Waals surface area contributed by atoms with Crippen LogP contribution < -0.4 is 5.73 Å². The van der Waals surface area contributed by atoms with Crippen molar-refractivity contribution in [2.45, 2.75) is 32.4 Å². The van der Waals surface area contributed by atoms with Crippen LogP contribution in [0.5, 0.6) is 0 Å². The van der Waals surface area contributed by atoms with E-state index >= 15 is 0 Å². The van der Waals surface area contributed by atoms with Gasteiger partial charge in [0.15, 0.2) is 0 Å². The number of carbonyl (C=O) groups is 1.